The van der Waals surface area contributed by atoms with Gasteiger partial charge in [0.15, 0.2) is 5.09 Å². The molecule has 0 amide bonds. The molecule has 0 N–H and O–H groups in total. The summed E-state index contributed by atoms with van der Waals surface area (Å²) in [5.41, 5.74) is 3.52. The highest BCUT2D eigenvalue weighted by Gasteiger charge is 2.15. The lowest BCUT2D eigenvalue weighted by Crippen LogP contribution is -1.78. The Morgan fingerprint density at radius 3 is 2.67 bits per heavy atom. The second-order valence-corrected chi connectivity index (χ2v) is 6.94. The van der Waals surface area contributed by atoms with Crippen molar-refractivity contribution in [2.75, 3.05) is 11.5 Å². The van der Waals surface area contributed by atoms with Gasteiger partial charge < -0.3 is 4.42 Å². The maximum absolute atomic E-state index is 6.10. The van der Waals surface area contributed by atoms with Gasteiger partial charge in [-0.05, 0) is 35.2 Å². The second-order valence-electron chi connectivity index (χ2n) is 4.61. The van der Waals surface area contributed by atoms with Crippen LogP contribution in [0.5, 0.6) is 0 Å². The fourth-order valence-corrected chi connectivity index (χ4v) is 3.96. The van der Waals surface area contributed by atoms with Gasteiger partial charge in [0.25, 0.3) is 0 Å². The van der Waals surface area contributed by atoms with Crippen LogP contribution in [0.25, 0.3) is 22.5 Å². The number of furan rings is 1. The number of rotatable bonds is 6. The van der Waals surface area contributed by atoms with Crippen LogP contribution in [0.4, 0.5) is 0 Å². The van der Waals surface area contributed by atoms with Gasteiger partial charge in [0.05, 0.1) is 0 Å². The first-order valence-electron chi connectivity index (χ1n) is 6.84. The molecule has 0 bridgehead atoms. The quantitative estimate of drug-likeness (QED) is 0.333. The summed E-state index contributed by atoms with van der Waals surface area (Å²) in [5.74, 6) is 2.92. The molecule has 4 heteroatoms. The van der Waals surface area contributed by atoms with Gasteiger partial charge in [-0.15, -0.1) is 0 Å². The molecule has 0 aliphatic rings. The molecule has 0 aliphatic heterocycles. The van der Waals surface area contributed by atoms with Crippen molar-refractivity contribution < 1.29 is 4.42 Å². The Bertz CT molecular complexity index is 671. The smallest absolute Gasteiger partial charge is 0.161 e. The summed E-state index contributed by atoms with van der Waals surface area (Å²) in [6.07, 6.45) is 1.09. The minimum Gasteiger partial charge on any atom is -0.449 e. The van der Waals surface area contributed by atoms with Crippen LogP contribution in [0, 0.1) is 0 Å². The van der Waals surface area contributed by atoms with Crippen molar-refractivity contribution in [2.45, 2.75) is 11.5 Å². The molecular weight excluding hydrogens is 316 g/mol. The second kappa shape index (κ2) is 7.25. The molecule has 3 aromatic rings. The highest BCUT2D eigenvalue weighted by Crippen LogP contribution is 2.39. The van der Waals surface area contributed by atoms with Crippen molar-refractivity contribution in [2.24, 2.45) is 0 Å². The average Bonchev–Trinajstić information content (AvgIpc) is 3.17. The molecule has 3 rings (SSSR count). The fourth-order valence-electron chi connectivity index (χ4n) is 2.12. The average molecular weight is 333 g/mol. The highest BCUT2D eigenvalue weighted by atomic mass is 32.2. The lowest BCUT2D eigenvalue weighted by Gasteiger charge is -2.00. The third-order valence-corrected chi connectivity index (χ3v) is 5.10. The molecule has 0 atom stereocenters. The molecule has 0 fully saturated rings. The molecule has 0 spiro atoms. The van der Waals surface area contributed by atoms with E-state index in [1.54, 1.807) is 23.1 Å². The molecule has 2 aromatic heterocycles. The van der Waals surface area contributed by atoms with Crippen molar-refractivity contribution in [3.8, 4) is 22.5 Å². The first kappa shape index (κ1) is 14.8. The van der Waals surface area contributed by atoms with Gasteiger partial charge in [0.1, 0.15) is 5.76 Å². The van der Waals surface area contributed by atoms with Gasteiger partial charge in [-0.1, -0.05) is 42.1 Å². The van der Waals surface area contributed by atoms with Crippen LogP contribution in [0.15, 0.2) is 62.7 Å². The molecule has 1 aromatic carbocycles. The fraction of sp³-hybridized carbons (Fsp3) is 0.176. The van der Waals surface area contributed by atoms with Gasteiger partial charge in [-0.25, -0.2) is 0 Å². The topological polar surface area (TPSA) is 13.1 Å². The zero-order valence-electron chi connectivity index (χ0n) is 11.5. The van der Waals surface area contributed by atoms with E-state index in [1.165, 1.54) is 11.1 Å². The maximum atomic E-state index is 6.10. The number of hydrogen-bond acceptors (Lipinski definition) is 4. The third-order valence-electron chi connectivity index (χ3n) is 3.12. The molecule has 0 saturated carbocycles. The summed E-state index contributed by atoms with van der Waals surface area (Å²) in [4.78, 5) is 0. The van der Waals surface area contributed by atoms with Gasteiger partial charge in [-0.2, -0.15) is 24.0 Å². The Morgan fingerprint density at radius 1 is 1.10 bits per heavy atom. The molecule has 1 nitrogen and oxygen atoms in total. The number of thiophene rings is 1. The molecule has 0 saturated heterocycles. The van der Waals surface area contributed by atoms with Crippen LogP contribution in [0.2, 0.25) is 0 Å². The monoisotopic (exact) mass is 332 g/mol. The summed E-state index contributed by atoms with van der Waals surface area (Å²) >= 11 is 7.71. The van der Waals surface area contributed by atoms with Crippen LogP contribution < -0.4 is 0 Å². The van der Waals surface area contributed by atoms with Gasteiger partial charge in [0.2, 0.25) is 0 Å². The van der Waals surface area contributed by atoms with Crippen molar-refractivity contribution in [3.63, 3.8) is 0 Å². The summed E-state index contributed by atoms with van der Waals surface area (Å²) in [6.45, 7) is 0. The predicted molar refractivity (Wildman–Crippen MR) is 96.7 cm³/mol. The Labute approximate surface area is 138 Å². The van der Waals surface area contributed by atoms with E-state index < -0.39 is 0 Å². The highest BCUT2D eigenvalue weighted by molar-refractivity contribution is 7.99. The zero-order valence-corrected chi connectivity index (χ0v) is 14.0. The lowest BCUT2D eigenvalue weighted by atomic mass is 10.0. The van der Waals surface area contributed by atoms with E-state index in [0.717, 1.165) is 34.3 Å². The molecule has 0 radical (unpaired) electrons. The molecule has 21 heavy (non-hydrogen) atoms. The standard InChI is InChI=1S/C17H16OS3/c19-8-4-9-21-16-11-15(13-5-2-1-3-6-13)17(18-16)14-7-10-20-12-14/h1-3,5-7,10-12,19H,4,8-9H2. The summed E-state index contributed by atoms with van der Waals surface area (Å²) in [5, 5.41) is 5.20. The first-order chi connectivity index (χ1) is 10.4. The van der Waals surface area contributed by atoms with Gasteiger partial charge in [-0.3, -0.25) is 0 Å². The molecule has 2 heterocycles. The van der Waals surface area contributed by atoms with Crippen LogP contribution in [0.3, 0.4) is 0 Å². The van der Waals surface area contributed by atoms with Crippen LogP contribution in [-0.4, -0.2) is 11.5 Å². The Morgan fingerprint density at radius 2 is 1.95 bits per heavy atom. The van der Waals surface area contributed by atoms with Crippen molar-refractivity contribution >= 4 is 35.7 Å². The molecule has 108 valence electrons. The Kier molecular flexibility index (Phi) is 5.12. The van der Waals surface area contributed by atoms with Crippen molar-refractivity contribution in [3.05, 3.63) is 53.2 Å². The SMILES string of the molecule is SCCCSc1cc(-c2ccccc2)c(-c2ccsc2)o1. The van der Waals surface area contributed by atoms with E-state index >= 15 is 0 Å². The van der Waals surface area contributed by atoms with E-state index in [0.29, 0.717) is 0 Å². The van der Waals surface area contributed by atoms with Crippen LogP contribution in [0.1, 0.15) is 6.42 Å². The number of thioether (sulfide) groups is 1. The van der Waals surface area contributed by atoms with Crippen LogP contribution in [-0.2, 0) is 0 Å². The van der Waals surface area contributed by atoms with Gasteiger partial charge in [0, 0.05) is 22.3 Å². The maximum Gasteiger partial charge on any atom is 0.161 e. The number of hydrogen-bond donors (Lipinski definition) is 1. The largest absolute Gasteiger partial charge is 0.449 e. The first-order valence-corrected chi connectivity index (χ1v) is 9.40. The van der Waals surface area contributed by atoms with E-state index in [9.17, 15) is 0 Å². The molecular formula is C17H16OS3. The number of benzene rings is 1. The third kappa shape index (κ3) is 3.57. The van der Waals surface area contributed by atoms with Crippen molar-refractivity contribution in [1.29, 1.82) is 0 Å². The minimum absolute atomic E-state index is 0.913. The van der Waals surface area contributed by atoms with E-state index in [-0.39, 0.29) is 0 Å². The van der Waals surface area contributed by atoms with E-state index in [2.05, 4.69) is 59.8 Å². The lowest BCUT2D eigenvalue weighted by molar-refractivity contribution is 0.488. The Hall–Kier alpha value is -1.10. The van der Waals surface area contributed by atoms with Crippen molar-refractivity contribution in [1.82, 2.24) is 0 Å². The zero-order chi connectivity index (χ0) is 14.5. The Balaban J connectivity index is 1.96. The molecule has 0 unspecified atom stereocenters. The van der Waals surface area contributed by atoms with Gasteiger partial charge >= 0.3 is 0 Å². The minimum atomic E-state index is 0.913. The van der Waals surface area contributed by atoms with E-state index in [4.69, 9.17) is 4.42 Å². The van der Waals surface area contributed by atoms with E-state index in [1.807, 2.05) is 6.07 Å². The summed E-state index contributed by atoms with van der Waals surface area (Å²) < 4.78 is 6.10. The molecule has 0 aliphatic carbocycles. The van der Waals surface area contributed by atoms with Crippen LogP contribution >= 0.6 is 35.7 Å². The normalized spacial score (nSPS) is 10.9. The predicted octanol–water partition coefficient (Wildman–Crippen LogP) is 6.09. The summed E-state index contributed by atoms with van der Waals surface area (Å²) in [6, 6.07) is 14.7. The summed E-state index contributed by atoms with van der Waals surface area (Å²) in [7, 11) is 0. The number of thiol groups is 1.